The van der Waals surface area contributed by atoms with E-state index in [-0.39, 0.29) is 0 Å². The summed E-state index contributed by atoms with van der Waals surface area (Å²) in [7, 11) is -0.480. The summed E-state index contributed by atoms with van der Waals surface area (Å²) in [4.78, 5) is 0. The highest BCUT2D eigenvalue weighted by atomic mass is 79.9. The molecule has 0 aliphatic carbocycles. The molecule has 0 saturated carbocycles. The van der Waals surface area contributed by atoms with Gasteiger partial charge in [-0.1, -0.05) is 6.07 Å². The second-order valence-corrected chi connectivity index (χ2v) is 6.11. The maximum absolute atomic E-state index is 11.5. The Bertz CT molecular complexity index is 457. The van der Waals surface area contributed by atoms with E-state index in [0.29, 0.717) is 5.69 Å². The highest BCUT2D eigenvalue weighted by molar-refractivity contribution is 9.10. The lowest BCUT2D eigenvalue weighted by Gasteiger charge is -2.14. The highest BCUT2D eigenvalue weighted by Gasteiger charge is 2.14. The second kappa shape index (κ2) is 4.51. The first-order valence-corrected chi connectivity index (χ1v) is 6.52. The maximum atomic E-state index is 11.5. The Morgan fingerprint density at radius 1 is 1.33 bits per heavy atom. The zero-order valence-corrected chi connectivity index (χ0v) is 11.2. The smallest absolute Gasteiger partial charge is 0.270 e. The van der Waals surface area contributed by atoms with Crippen LogP contribution in [0.4, 0.5) is 5.69 Å². The Kier molecular flexibility index (Phi) is 3.75. The number of benzene rings is 1. The lowest BCUT2D eigenvalue weighted by molar-refractivity contribution is 0.527. The number of hydrogen-bond donors (Lipinski definition) is 1. The Morgan fingerprint density at radius 3 is 2.40 bits per heavy atom. The van der Waals surface area contributed by atoms with Gasteiger partial charge in [0.25, 0.3) is 0 Å². The summed E-state index contributed by atoms with van der Waals surface area (Å²) in [5, 5.41) is 0. The fourth-order valence-corrected chi connectivity index (χ4v) is 2.30. The van der Waals surface area contributed by atoms with E-state index in [1.54, 1.807) is 6.07 Å². The number of nitrogens with one attached hydrogen (secondary N) is 1. The largest absolute Gasteiger partial charge is 0.301 e. The number of aryl methyl sites for hydroxylation is 1. The van der Waals surface area contributed by atoms with Gasteiger partial charge in [-0.15, -0.1) is 0 Å². The Labute approximate surface area is 98.6 Å². The van der Waals surface area contributed by atoms with Gasteiger partial charge in [-0.3, -0.25) is 4.72 Å². The molecule has 0 unspecified atom stereocenters. The van der Waals surface area contributed by atoms with E-state index in [1.165, 1.54) is 14.1 Å². The van der Waals surface area contributed by atoms with Crippen molar-refractivity contribution in [2.45, 2.75) is 6.92 Å². The van der Waals surface area contributed by atoms with Gasteiger partial charge in [0, 0.05) is 18.6 Å². The second-order valence-electron chi connectivity index (χ2n) is 3.37. The van der Waals surface area contributed by atoms with Crippen molar-refractivity contribution in [3.63, 3.8) is 0 Å². The lowest BCUT2D eigenvalue weighted by atomic mass is 10.2. The van der Waals surface area contributed by atoms with Crippen LogP contribution in [-0.2, 0) is 10.2 Å². The summed E-state index contributed by atoms with van der Waals surface area (Å²) < 4.78 is 27.4. The number of rotatable bonds is 3. The van der Waals surface area contributed by atoms with Crippen LogP contribution >= 0.6 is 15.9 Å². The minimum atomic E-state index is -3.43. The summed E-state index contributed by atoms with van der Waals surface area (Å²) in [5.41, 5.74) is 1.60. The number of nitrogens with zero attached hydrogens (tertiary/aromatic N) is 1. The molecule has 0 saturated heterocycles. The van der Waals surface area contributed by atoms with Crippen molar-refractivity contribution in [3.05, 3.63) is 28.2 Å². The third kappa shape index (κ3) is 3.19. The molecule has 0 spiro atoms. The lowest BCUT2D eigenvalue weighted by Crippen LogP contribution is -2.29. The summed E-state index contributed by atoms with van der Waals surface area (Å²) in [5.74, 6) is 0. The van der Waals surface area contributed by atoms with Gasteiger partial charge >= 0.3 is 10.2 Å². The maximum Gasteiger partial charge on any atom is 0.301 e. The molecule has 1 N–H and O–H groups in total. The van der Waals surface area contributed by atoms with Crippen molar-refractivity contribution >= 4 is 31.8 Å². The molecule has 0 atom stereocenters. The third-order valence-corrected chi connectivity index (χ3v) is 3.94. The van der Waals surface area contributed by atoms with E-state index in [1.807, 2.05) is 19.1 Å². The molecule has 0 radical (unpaired) electrons. The van der Waals surface area contributed by atoms with Crippen molar-refractivity contribution in [2.24, 2.45) is 0 Å². The van der Waals surface area contributed by atoms with Crippen LogP contribution in [0.15, 0.2) is 22.7 Å². The van der Waals surface area contributed by atoms with Crippen LogP contribution in [0.1, 0.15) is 5.56 Å². The molecule has 15 heavy (non-hydrogen) atoms. The normalized spacial score (nSPS) is 11.8. The minimum absolute atomic E-state index is 0.536. The number of hydrogen-bond acceptors (Lipinski definition) is 2. The molecule has 0 aliphatic heterocycles. The molecule has 84 valence electrons. The molecule has 0 fully saturated rings. The number of anilines is 1. The van der Waals surface area contributed by atoms with Gasteiger partial charge in [0.15, 0.2) is 0 Å². The van der Waals surface area contributed by atoms with Gasteiger partial charge in [-0.2, -0.15) is 12.7 Å². The summed E-state index contributed by atoms with van der Waals surface area (Å²) in [6.45, 7) is 1.94. The quantitative estimate of drug-likeness (QED) is 0.926. The molecule has 0 amide bonds. The molecule has 1 aromatic rings. The van der Waals surface area contributed by atoms with Gasteiger partial charge in [0.1, 0.15) is 0 Å². The van der Waals surface area contributed by atoms with E-state index in [9.17, 15) is 8.42 Å². The van der Waals surface area contributed by atoms with Gasteiger partial charge < -0.3 is 0 Å². The molecular formula is C9H13BrN2O2S. The van der Waals surface area contributed by atoms with Crippen LogP contribution < -0.4 is 4.72 Å². The number of halogens is 1. The molecule has 0 aliphatic rings. The predicted molar refractivity (Wildman–Crippen MR) is 65.1 cm³/mol. The Hall–Kier alpha value is -0.590. The zero-order valence-electron chi connectivity index (χ0n) is 8.78. The molecule has 0 bridgehead atoms. The fraction of sp³-hybridized carbons (Fsp3) is 0.333. The highest BCUT2D eigenvalue weighted by Crippen LogP contribution is 2.24. The first-order chi connectivity index (χ1) is 6.83. The Balaban J connectivity index is 3.01. The summed E-state index contributed by atoms with van der Waals surface area (Å²) in [6, 6.07) is 5.42. The van der Waals surface area contributed by atoms with E-state index >= 15 is 0 Å². The van der Waals surface area contributed by atoms with Crippen LogP contribution in [0, 0.1) is 6.92 Å². The van der Waals surface area contributed by atoms with Crippen molar-refractivity contribution in [2.75, 3.05) is 18.8 Å². The standard InChI is InChI=1S/C9H13BrN2O2S/c1-7-4-5-9(8(10)6-7)11-15(13,14)12(2)3/h4-6,11H,1-3H3. The first-order valence-electron chi connectivity index (χ1n) is 4.29. The Morgan fingerprint density at radius 2 is 1.93 bits per heavy atom. The predicted octanol–water partition coefficient (Wildman–Crippen LogP) is 1.98. The summed E-state index contributed by atoms with van der Waals surface area (Å²) in [6.07, 6.45) is 0. The molecule has 0 aromatic heterocycles. The van der Waals surface area contributed by atoms with Gasteiger partial charge in [-0.25, -0.2) is 0 Å². The van der Waals surface area contributed by atoms with Crippen molar-refractivity contribution in [1.29, 1.82) is 0 Å². The van der Waals surface area contributed by atoms with Crippen LogP contribution in [0.5, 0.6) is 0 Å². The average Bonchev–Trinajstić information content (AvgIpc) is 2.09. The van der Waals surface area contributed by atoms with E-state index < -0.39 is 10.2 Å². The van der Waals surface area contributed by atoms with Crippen molar-refractivity contribution in [1.82, 2.24) is 4.31 Å². The van der Waals surface area contributed by atoms with Crippen molar-refractivity contribution < 1.29 is 8.42 Å². The van der Waals surface area contributed by atoms with Crippen LogP contribution in [-0.4, -0.2) is 26.8 Å². The van der Waals surface area contributed by atoms with Crippen molar-refractivity contribution in [3.8, 4) is 0 Å². The molecule has 6 heteroatoms. The van der Waals surface area contributed by atoms with E-state index in [0.717, 1.165) is 14.3 Å². The third-order valence-electron chi connectivity index (χ3n) is 1.84. The average molecular weight is 293 g/mol. The topological polar surface area (TPSA) is 49.4 Å². The summed E-state index contributed by atoms with van der Waals surface area (Å²) >= 11 is 3.30. The van der Waals surface area contributed by atoms with E-state index in [2.05, 4.69) is 20.7 Å². The SMILES string of the molecule is Cc1ccc(NS(=O)(=O)N(C)C)c(Br)c1. The molecule has 4 nitrogen and oxygen atoms in total. The molecular weight excluding hydrogens is 280 g/mol. The van der Waals surface area contributed by atoms with E-state index in [4.69, 9.17) is 0 Å². The molecule has 1 rings (SSSR count). The fourth-order valence-electron chi connectivity index (χ4n) is 0.933. The van der Waals surface area contributed by atoms with Gasteiger partial charge in [0.05, 0.1) is 5.69 Å². The monoisotopic (exact) mass is 292 g/mol. The first kappa shape index (κ1) is 12.5. The van der Waals surface area contributed by atoms with Crippen LogP contribution in [0.2, 0.25) is 0 Å². The van der Waals surface area contributed by atoms with Crippen LogP contribution in [0.25, 0.3) is 0 Å². The van der Waals surface area contributed by atoms with Gasteiger partial charge in [-0.05, 0) is 40.5 Å². The molecule has 0 heterocycles. The van der Waals surface area contributed by atoms with Gasteiger partial charge in [0.2, 0.25) is 0 Å². The zero-order chi connectivity index (χ0) is 11.6. The molecule has 1 aromatic carbocycles. The minimum Gasteiger partial charge on any atom is -0.270 e. The van der Waals surface area contributed by atoms with Crippen LogP contribution in [0.3, 0.4) is 0 Å².